The van der Waals surface area contributed by atoms with Gasteiger partial charge in [0.05, 0.1) is 0 Å². The van der Waals surface area contributed by atoms with E-state index in [0.29, 0.717) is 17.2 Å². The Morgan fingerprint density at radius 1 is 1.25 bits per heavy atom. The van der Waals surface area contributed by atoms with Crippen LogP contribution in [-0.2, 0) is 19.7 Å². The second-order valence-corrected chi connectivity index (χ2v) is 8.04. The van der Waals surface area contributed by atoms with Gasteiger partial charge in [0.15, 0.2) is 5.82 Å². The molecule has 6 heteroatoms. The Morgan fingerprint density at radius 2 is 1.88 bits per heavy atom. The molecule has 2 heterocycles. The number of amides is 1. The molecule has 1 atom stereocenters. The Bertz CT molecular complexity index is 674. The minimum Gasteiger partial charge on any atom is -0.437 e. The summed E-state index contributed by atoms with van der Waals surface area (Å²) < 4.78 is 10.8. The molecule has 0 radical (unpaired) electrons. The van der Waals surface area contributed by atoms with Crippen molar-refractivity contribution in [3.05, 3.63) is 23.5 Å². The lowest BCUT2D eigenvalue weighted by molar-refractivity contribution is -0.146. The number of ether oxygens (including phenoxy) is 1. The van der Waals surface area contributed by atoms with Gasteiger partial charge in [-0.05, 0) is 11.5 Å². The Balaban J connectivity index is 2.40. The summed E-state index contributed by atoms with van der Waals surface area (Å²) in [6.45, 7) is 13.5. The maximum atomic E-state index is 12.9. The van der Waals surface area contributed by atoms with Gasteiger partial charge in [0, 0.05) is 23.5 Å². The fourth-order valence-electron chi connectivity index (χ4n) is 2.38. The molecule has 0 bridgehead atoms. The average molecular weight is 334 g/mol. The third kappa shape index (κ3) is 3.52. The van der Waals surface area contributed by atoms with Gasteiger partial charge in [0.2, 0.25) is 6.23 Å². The van der Waals surface area contributed by atoms with E-state index in [0.717, 1.165) is 0 Å². The summed E-state index contributed by atoms with van der Waals surface area (Å²) in [4.78, 5) is 26.0. The van der Waals surface area contributed by atoms with Crippen molar-refractivity contribution >= 4 is 17.7 Å². The van der Waals surface area contributed by atoms with Crippen LogP contribution in [0.5, 0.6) is 0 Å². The summed E-state index contributed by atoms with van der Waals surface area (Å²) in [5.74, 6) is 0.429. The Morgan fingerprint density at radius 3 is 2.33 bits per heavy atom. The average Bonchev–Trinajstić information content (AvgIpc) is 3.02. The van der Waals surface area contributed by atoms with Crippen LogP contribution in [0.15, 0.2) is 22.2 Å². The van der Waals surface area contributed by atoms with Gasteiger partial charge in [-0.1, -0.05) is 53.6 Å². The van der Waals surface area contributed by atoms with E-state index >= 15 is 0 Å². The molecule has 1 aromatic rings. The number of nitrogens with zero attached hydrogens (tertiary/aromatic N) is 2. The summed E-state index contributed by atoms with van der Waals surface area (Å²) in [5, 5.41) is 4.02. The van der Waals surface area contributed by atoms with Gasteiger partial charge in [-0.3, -0.25) is 9.59 Å². The number of hydrogen-bond donors (Lipinski definition) is 0. The molecule has 0 aromatic carbocycles. The van der Waals surface area contributed by atoms with Crippen LogP contribution >= 0.6 is 0 Å². The zero-order chi connectivity index (χ0) is 18.3. The van der Waals surface area contributed by atoms with Crippen molar-refractivity contribution in [3.8, 4) is 0 Å². The molecule has 1 aliphatic heterocycles. The topological polar surface area (TPSA) is 72.6 Å². The first kappa shape index (κ1) is 18.2. The second kappa shape index (κ2) is 6.07. The predicted molar refractivity (Wildman–Crippen MR) is 90.4 cm³/mol. The fraction of sp³-hybridized carbons (Fsp3) is 0.611. The van der Waals surface area contributed by atoms with Crippen LogP contribution in [0.3, 0.4) is 0 Å². The molecule has 2 rings (SSSR count). The Kier molecular flexibility index (Phi) is 4.61. The van der Waals surface area contributed by atoms with E-state index < -0.39 is 6.23 Å². The molecule has 0 N–H and O–H groups in total. The van der Waals surface area contributed by atoms with E-state index in [1.165, 1.54) is 4.90 Å². The summed E-state index contributed by atoms with van der Waals surface area (Å²) in [6.07, 6.45) is 1.14. The maximum absolute atomic E-state index is 12.9. The largest absolute Gasteiger partial charge is 0.437 e. The van der Waals surface area contributed by atoms with Gasteiger partial charge in [0.1, 0.15) is 5.76 Å². The Hall–Kier alpha value is -2.11. The van der Waals surface area contributed by atoms with Gasteiger partial charge >= 0.3 is 5.97 Å². The van der Waals surface area contributed by atoms with E-state index in [4.69, 9.17) is 9.26 Å². The highest BCUT2D eigenvalue weighted by atomic mass is 16.6. The molecule has 132 valence electrons. The smallest absolute Gasteiger partial charge is 0.307 e. The Labute approximate surface area is 142 Å². The lowest BCUT2D eigenvalue weighted by atomic mass is 9.86. The first-order valence-electron chi connectivity index (χ1n) is 8.17. The van der Waals surface area contributed by atoms with Gasteiger partial charge < -0.3 is 9.26 Å². The van der Waals surface area contributed by atoms with Crippen LogP contribution < -0.4 is 4.90 Å². The molecular formula is C18H26N2O4. The van der Waals surface area contributed by atoms with Crippen molar-refractivity contribution in [1.82, 2.24) is 5.16 Å². The van der Waals surface area contributed by atoms with Crippen LogP contribution in [0.1, 0.15) is 60.6 Å². The number of carbonyl (C=O) groups is 2. The third-order valence-electron chi connectivity index (χ3n) is 3.85. The quantitative estimate of drug-likeness (QED) is 0.790. The maximum Gasteiger partial charge on any atom is 0.307 e. The van der Waals surface area contributed by atoms with Gasteiger partial charge in [-0.15, -0.1) is 0 Å². The fourth-order valence-corrected chi connectivity index (χ4v) is 2.38. The van der Waals surface area contributed by atoms with Crippen LogP contribution in [0.2, 0.25) is 0 Å². The summed E-state index contributed by atoms with van der Waals surface area (Å²) in [6, 6.07) is 1.73. The monoisotopic (exact) mass is 334 g/mol. The van der Waals surface area contributed by atoms with Crippen molar-refractivity contribution in [2.24, 2.45) is 5.41 Å². The van der Waals surface area contributed by atoms with Crippen LogP contribution in [0.4, 0.5) is 5.82 Å². The molecule has 1 unspecified atom stereocenters. The number of hydrogen-bond acceptors (Lipinski definition) is 5. The number of anilines is 1. The summed E-state index contributed by atoms with van der Waals surface area (Å²) >= 11 is 0. The normalized spacial score (nSPS) is 18.8. The van der Waals surface area contributed by atoms with Crippen molar-refractivity contribution in [1.29, 1.82) is 0 Å². The van der Waals surface area contributed by atoms with Gasteiger partial charge in [0.25, 0.3) is 5.91 Å². The van der Waals surface area contributed by atoms with Crippen molar-refractivity contribution < 1.29 is 18.8 Å². The molecule has 1 amide bonds. The lowest BCUT2D eigenvalue weighted by Gasteiger charge is -2.23. The van der Waals surface area contributed by atoms with Gasteiger partial charge in [-0.2, -0.15) is 0 Å². The molecule has 6 nitrogen and oxygen atoms in total. The highest BCUT2D eigenvalue weighted by Gasteiger charge is 2.42. The highest BCUT2D eigenvalue weighted by molar-refractivity contribution is 6.09. The van der Waals surface area contributed by atoms with Crippen LogP contribution in [0.25, 0.3) is 0 Å². The standard InChI is InChI=1S/C18H26N2O4/c1-8-15(21)23-14-9-11(17(2,3)4)16(22)20(14)13-10-12(24-19-13)18(5,6)7/h9-10,14H,8H2,1-7H3. The second-order valence-electron chi connectivity index (χ2n) is 8.04. The minimum atomic E-state index is -0.794. The molecular weight excluding hydrogens is 308 g/mol. The van der Waals surface area contributed by atoms with E-state index in [1.54, 1.807) is 19.1 Å². The van der Waals surface area contributed by atoms with E-state index in [1.807, 2.05) is 41.5 Å². The van der Waals surface area contributed by atoms with Crippen molar-refractivity contribution in [2.75, 3.05) is 4.90 Å². The molecule has 1 aliphatic rings. The van der Waals surface area contributed by atoms with Crippen LogP contribution in [0, 0.1) is 5.41 Å². The number of carbonyl (C=O) groups excluding carboxylic acids is 2. The number of esters is 1. The highest BCUT2D eigenvalue weighted by Crippen LogP contribution is 2.36. The number of rotatable bonds is 3. The molecule has 24 heavy (non-hydrogen) atoms. The van der Waals surface area contributed by atoms with E-state index in [-0.39, 0.29) is 29.1 Å². The zero-order valence-corrected chi connectivity index (χ0v) is 15.5. The van der Waals surface area contributed by atoms with E-state index in [2.05, 4.69) is 5.16 Å². The lowest BCUT2D eigenvalue weighted by Crippen LogP contribution is -2.38. The van der Waals surface area contributed by atoms with Crippen LogP contribution in [-0.4, -0.2) is 23.3 Å². The SMILES string of the molecule is CCC(=O)OC1C=C(C(C)(C)C)C(=O)N1c1cc(C(C)(C)C)on1. The van der Waals surface area contributed by atoms with E-state index in [9.17, 15) is 9.59 Å². The van der Waals surface area contributed by atoms with Crippen molar-refractivity contribution in [3.63, 3.8) is 0 Å². The molecule has 0 saturated carbocycles. The third-order valence-corrected chi connectivity index (χ3v) is 3.85. The molecule has 1 aromatic heterocycles. The summed E-state index contributed by atoms with van der Waals surface area (Å²) in [5.41, 5.74) is 0.000128. The molecule has 0 aliphatic carbocycles. The summed E-state index contributed by atoms with van der Waals surface area (Å²) in [7, 11) is 0. The first-order chi connectivity index (χ1) is 10.9. The molecule has 0 spiro atoms. The number of aromatic nitrogens is 1. The first-order valence-corrected chi connectivity index (χ1v) is 8.17. The predicted octanol–water partition coefficient (Wildman–Crippen LogP) is 3.57. The zero-order valence-electron chi connectivity index (χ0n) is 15.5. The van der Waals surface area contributed by atoms with Gasteiger partial charge in [-0.25, -0.2) is 4.90 Å². The molecule has 0 saturated heterocycles. The minimum absolute atomic E-state index is 0.217. The van der Waals surface area contributed by atoms with Crippen molar-refractivity contribution in [2.45, 2.75) is 66.5 Å². The molecule has 0 fully saturated rings.